The molecule has 0 radical (unpaired) electrons. The molecule has 4 nitrogen and oxygen atoms in total. The van der Waals surface area contributed by atoms with Crippen LogP contribution in [0.25, 0.3) is 11.3 Å². The van der Waals surface area contributed by atoms with Crippen LogP contribution < -0.4 is 5.32 Å². The molecule has 0 bridgehead atoms. The lowest BCUT2D eigenvalue weighted by molar-refractivity contribution is -0.114. The fourth-order valence-electron chi connectivity index (χ4n) is 2.20. The molecular formula is C19H14Cl2N2O2. The SMILES string of the molecule is CC(=O)Nc1ccc(N=Cc2ccc(-c3ccc(Cl)c(Cl)c3)o2)cc1. The van der Waals surface area contributed by atoms with E-state index < -0.39 is 0 Å². The molecule has 0 aliphatic heterocycles. The van der Waals surface area contributed by atoms with Gasteiger partial charge in [0.1, 0.15) is 11.5 Å². The van der Waals surface area contributed by atoms with Crippen molar-refractivity contribution in [2.45, 2.75) is 6.92 Å². The minimum Gasteiger partial charge on any atom is -0.455 e. The van der Waals surface area contributed by atoms with Gasteiger partial charge in [0.25, 0.3) is 0 Å². The molecule has 1 aromatic heterocycles. The zero-order chi connectivity index (χ0) is 17.8. The fourth-order valence-corrected chi connectivity index (χ4v) is 2.50. The summed E-state index contributed by atoms with van der Waals surface area (Å²) in [5, 5.41) is 3.68. The summed E-state index contributed by atoms with van der Waals surface area (Å²) in [4.78, 5) is 15.4. The molecule has 126 valence electrons. The molecule has 0 saturated carbocycles. The number of carbonyl (C=O) groups excluding carboxylic acids is 1. The van der Waals surface area contributed by atoms with Gasteiger partial charge in [0.05, 0.1) is 21.9 Å². The molecule has 3 rings (SSSR count). The van der Waals surface area contributed by atoms with Crippen molar-refractivity contribution in [2.75, 3.05) is 5.32 Å². The number of carbonyl (C=O) groups is 1. The molecule has 0 aliphatic carbocycles. The smallest absolute Gasteiger partial charge is 0.221 e. The molecule has 1 heterocycles. The molecule has 6 heteroatoms. The third kappa shape index (κ3) is 4.50. The van der Waals surface area contributed by atoms with Crippen molar-refractivity contribution in [1.29, 1.82) is 0 Å². The van der Waals surface area contributed by atoms with Gasteiger partial charge in [-0.1, -0.05) is 23.2 Å². The first-order chi connectivity index (χ1) is 12.0. The van der Waals surface area contributed by atoms with E-state index in [1.807, 2.05) is 30.3 Å². The predicted octanol–water partition coefficient (Wildman–Crippen LogP) is 5.96. The topological polar surface area (TPSA) is 54.6 Å². The van der Waals surface area contributed by atoms with Crippen molar-refractivity contribution in [3.05, 3.63) is 70.4 Å². The number of anilines is 1. The Bertz CT molecular complexity index is 931. The normalized spacial score (nSPS) is 11.0. The molecule has 2 aromatic carbocycles. The van der Waals surface area contributed by atoms with Crippen molar-refractivity contribution in [3.8, 4) is 11.3 Å². The Balaban J connectivity index is 1.73. The average Bonchev–Trinajstić information content (AvgIpc) is 3.05. The third-order valence-electron chi connectivity index (χ3n) is 3.36. The lowest BCUT2D eigenvalue weighted by Gasteiger charge is -2.01. The number of halogens is 2. The molecule has 0 aliphatic rings. The molecular weight excluding hydrogens is 359 g/mol. The summed E-state index contributed by atoms with van der Waals surface area (Å²) >= 11 is 12.0. The van der Waals surface area contributed by atoms with Gasteiger partial charge >= 0.3 is 0 Å². The Hall–Kier alpha value is -2.56. The quantitative estimate of drug-likeness (QED) is 0.574. The summed E-state index contributed by atoms with van der Waals surface area (Å²) in [6, 6.07) is 16.2. The van der Waals surface area contributed by atoms with Crippen molar-refractivity contribution in [1.82, 2.24) is 0 Å². The molecule has 1 N–H and O–H groups in total. The maximum Gasteiger partial charge on any atom is 0.221 e. The second-order valence-corrected chi connectivity index (χ2v) is 6.13. The van der Waals surface area contributed by atoms with E-state index in [9.17, 15) is 4.79 Å². The van der Waals surface area contributed by atoms with Crippen LogP contribution in [0.5, 0.6) is 0 Å². The van der Waals surface area contributed by atoms with Crippen LogP contribution in [0, 0.1) is 0 Å². The highest BCUT2D eigenvalue weighted by molar-refractivity contribution is 6.42. The maximum absolute atomic E-state index is 11.0. The van der Waals surface area contributed by atoms with Crippen LogP contribution in [0.4, 0.5) is 11.4 Å². The van der Waals surface area contributed by atoms with E-state index in [1.54, 1.807) is 30.5 Å². The standard InChI is InChI=1S/C19H14Cl2N2O2/c1-12(24)23-15-5-3-14(4-6-15)22-11-16-7-9-19(25-16)13-2-8-17(20)18(21)10-13/h2-11H,1H3,(H,23,24). The monoisotopic (exact) mass is 372 g/mol. The number of hydrogen-bond donors (Lipinski definition) is 1. The number of nitrogens with zero attached hydrogens (tertiary/aromatic N) is 1. The van der Waals surface area contributed by atoms with Gasteiger partial charge in [-0.05, 0) is 54.6 Å². The first kappa shape index (κ1) is 17.3. The second-order valence-electron chi connectivity index (χ2n) is 5.32. The van der Waals surface area contributed by atoms with Gasteiger partial charge in [-0.15, -0.1) is 0 Å². The van der Waals surface area contributed by atoms with Crippen LogP contribution in [0.15, 0.2) is 64.0 Å². The largest absolute Gasteiger partial charge is 0.455 e. The molecule has 0 unspecified atom stereocenters. The molecule has 3 aromatic rings. The Morgan fingerprint density at radius 3 is 2.48 bits per heavy atom. The Labute approximate surface area is 155 Å². The highest BCUT2D eigenvalue weighted by Gasteiger charge is 2.06. The maximum atomic E-state index is 11.0. The van der Waals surface area contributed by atoms with Crippen molar-refractivity contribution < 1.29 is 9.21 Å². The number of furan rings is 1. The minimum atomic E-state index is -0.110. The van der Waals surface area contributed by atoms with E-state index in [0.29, 0.717) is 21.6 Å². The van der Waals surface area contributed by atoms with E-state index in [2.05, 4.69) is 10.3 Å². The Morgan fingerprint density at radius 2 is 1.80 bits per heavy atom. The summed E-state index contributed by atoms with van der Waals surface area (Å²) < 4.78 is 5.75. The summed E-state index contributed by atoms with van der Waals surface area (Å²) in [6.07, 6.45) is 1.63. The average molecular weight is 373 g/mol. The summed E-state index contributed by atoms with van der Waals surface area (Å²) in [5.74, 6) is 1.19. The van der Waals surface area contributed by atoms with Gasteiger partial charge in [0, 0.05) is 18.2 Å². The minimum absolute atomic E-state index is 0.110. The highest BCUT2D eigenvalue weighted by atomic mass is 35.5. The van der Waals surface area contributed by atoms with Crippen molar-refractivity contribution >= 4 is 46.7 Å². The summed E-state index contributed by atoms with van der Waals surface area (Å²) in [5.41, 5.74) is 2.32. The summed E-state index contributed by atoms with van der Waals surface area (Å²) in [6.45, 7) is 1.47. The van der Waals surface area contributed by atoms with Crippen LogP contribution in [0.2, 0.25) is 10.0 Å². The van der Waals surface area contributed by atoms with Crippen LogP contribution in [-0.4, -0.2) is 12.1 Å². The first-order valence-electron chi connectivity index (χ1n) is 7.48. The first-order valence-corrected chi connectivity index (χ1v) is 8.24. The highest BCUT2D eigenvalue weighted by Crippen LogP contribution is 2.29. The molecule has 25 heavy (non-hydrogen) atoms. The van der Waals surface area contributed by atoms with Gasteiger partial charge in [-0.25, -0.2) is 0 Å². The van der Waals surface area contributed by atoms with Gasteiger partial charge in [0.2, 0.25) is 5.91 Å². The third-order valence-corrected chi connectivity index (χ3v) is 4.10. The van der Waals surface area contributed by atoms with E-state index in [-0.39, 0.29) is 5.91 Å². The summed E-state index contributed by atoms with van der Waals surface area (Å²) in [7, 11) is 0. The number of nitrogens with one attached hydrogen (secondary N) is 1. The number of aliphatic imine (C=N–C) groups is 1. The van der Waals surface area contributed by atoms with Gasteiger partial charge in [-0.3, -0.25) is 9.79 Å². The second kappa shape index (κ2) is 7.55. The number of rotatable bonds is 4. The van der Waals surface area contributed by atoms with E-state index in [4.69, 9.17) is 27.6 Å². The molecule has 0 spiro atoms. The lowest BCUT2D eigenvalue weighted by Crippen LogP contribution is -2.04. The zero-order valence-corrected chi connectivity index (χ0v) is 14.8. The van der Waals surface area contributed by atoms with Crippen LogP contribution in [0.3, 0.4) is 0 Å². The number of hydrogen-bond acceptors (Lipinski definition) is 3. The molecule has 1 amide bonds. The van der Waals surface area contributed by atoms with E-state index in [1.165, 1.54) is 6.92 Å². The van der Waals surface area contributed by atoms with E-state index >= 15 is 0 Å². The number of amides is 1. The van der Waals surface area contributed by atoms with E-state index in [0.717, 1.165) is 16.9 Å². The van der Waals surface area contributed by atoms with Crippen molar-refractivity contribution in [2.24, 2.45) is 4.99 Å². The molecule has 0 saturated heterocycles. The Morgan fingerprint density at radius 1 is 1.04 bits per heavy atom. The Kier molecular flexibility index (Phi) is 5.22. The fraction of sp³-hybridized carbons (Fsp3) is 0.0526. The van der Waals surface area contributed by atoms with Crippen LogP contribution >= 0.6 is 23.2 Å². The van der Waals surface area contributed by atoms with Crippen LogP contribution in [0.1, 0.15) is 12.7 Å². The molecule has 0 fully saturated rings. The predicted molar refractivity (Wildman–Crippen MR) is 102 cm³/mol. The lowest BCUT2D eigenvalue weighted by atomic mass is 10.2. The zero-order valence-electron chi connectivity index (χ0n) is 13.3. The van der Waals surface area contributed by atoms with Crippen LogP contribution in [-0.2, 0) is 4.79 Å². The van der Waals surface area contributed by atoms with Gasteiger partial charge in [-0.2, -0.15) is 0 Å². The van der Waals surface area contributed by atoms with Gasteiger partial charge < -0.3 is 9.73 Å². The molecule has 0 atom stereocenters. The van der Waals surface area contributed by atoms with Gasteiger partial charge in [0.15, 0.2) is 0 Å². The van der Waals surface area contributed by atoms with Crippen molar-refractivity contribution in [3.63, 3.8) is 0 Å². The number of benzene rings is 2.